The molecule has 0 radical (unpaired) electrons. The highest BCUT2D eigenvalue weighted by atomic mass is 35.5. The molecule has 1 aromatic carbocycles. The van der Waals surface area contributed by atoms with Crippen molar-refractivity contribution in [1.29, 1.82) is 5.26 Å². The molecule has 1 fully saturated rings. The summed E-state index contributed by atoms with van der Waals surface area (Å²) >= 11 is 5.95. The molecule has 0 atom stereocenters. The number of nitrogens with zero attached hydrogens (tertiary/aromatic N) is 1. The minimum atomic E-state index is -0.488. The van der Waals surface area contributed by atoms with E-state index in [1.807, 2.05) is 0 Å². The van der Waals surface area contributed by atoms with Gasteiger partial charge in [0, 0.05) is 0 Å². The standard InChI is InChI=1S/C15H17ClFN/c1-2-10-3-5-11(6-4-10)12-7-14(16)13(9-18)15(17)8-12/h7-8,10-11H,2-6H2,1H3. The van der Waals surface area contributed by atoms with Gasteiger partial charge < -0.3 is 0 Å². The summed E-state index contributed by atoms with van der Waals surface area (Å²) in [5.74, 6) is 0.727. The predicted molar refractivity (Wildman–Crippen MR) is 71.1 cm³/mol. The van der Waals surface area contributed by atoms with Crippen molar-refractivity contribution in [2.75, 3.05) is 0 Å². The Morgan fingerprint density at radius 3 is 2.50 bits per heavy atom. The van der Waals surface area contributed by atoms with Crippen LogP contribution in [0.2, 0.25) is 5.02 Å². The summed E-state index contributed by atoms with van der Waals surface area (Å²) in [5, 5.41) is 9.03. The third kappa shape index (κ3) is 2.67. The number of nitriles is 1. The molecular formula is C15H17ClFN. The van der Waals surface area contributed by atoms with Gasteiger partial charge in [-0.15, -0.1) is 0 Å². The van der Waals surface area contributed by atoms with Crippen molar-refractivity contribution in [3.63, 3.8) is 0 Å². The molecule has 0 bridgehead atoms. The average molecular weight is 266 g/mol. The average Bonchev–Trinajstić information content (AvgIpc) is 2.38. The second-order valence-electron chi connectivity index (χ2n) is 5.10. The van der Waals surface area contributed by atoms with Crippen molar-refractivity contribution < 1.29 is 4.39 Å². The third-order valence-electron chi connectivity index (χ3n) is 4.07. The lowest BCUT2D eigenvalue weighted by Crippen LogP contribution is -2.13. The fourth-order valence-corrected chi connectivity index (χ4v) is 3.10. The summed E-state index contributed by atoms with van der Waals surface area (Å²) in [7, 11) is 0. The van der Waals surface area contributed by atoms with Gasteiger partial charge in [0.2, 0.25) is 0 Å². The molecule has 18 heavy (non-hydrogen) atoms. The summed E-state index contributed by atoms with van der Waals surface area (Å²) in [6.07, 6.45) is 5.84. The first-order chi connectivity index (χ1) is 8.65. The van der Waals surface area contributed by atoms with Crippen molar-refractivity contribution in [2.45, 2.75) is 44.9 Å². The van der Waals surface area contributed by atoms with Crippen LogP contribution in [0.1, 0.15) is 56.1 Å². The SMILES string of the molecule is CCC1CCC(c2cc(F)c(C#N)c(Cl)c2)CC1. The fraction of sp³-hybridized carbons (Fsp3) is 0.533. The van der Waals surface area contributed by atoms with Crippen molar-refractivity contribution in [3.05, 3.63) is 34.1 Å². The van der Waals surface area contributed by atoms with E-state index in [0.717, 1.165) is 24.3 Å². The summed E-state index contributed by atoms with van der Waals surface area (Å²) in [4.78, 5) is 0. The maximum atomic E-state index is 13.7. The molecule has 0 heterocycles. The summed E-state index contributed by atoms with van der Waals surface area (Å²) in [6, 6.07) is 5.05. The van der Waals surface area contributed by atoms with E-state index in [4.69, 9.17) is 16.9 Å². The molecule has 1 aliphatic carbocycles. The molecule has 1 saturated carbocycles. The van der Waals surface area contributed by atoms with E-state index in [0.29, 0.717) is 5.92 Å². The van der Waals surface area contributed by atoms with Crippen LogP contribution in [-0.2, 0) is 0 Å². The molecular weight excluding hydrogens is 249 g/mol. The smallest absolute Gasteiger partial charge is 0.142 e. The van der Waals surface area contributed by atoms with Crippen molar-refractivity contribution >= 4 is 11.6 Å². The number of hydrogen-bond acceptors (Lipinski definition) is 1. The van der Waals surface area contributed by atoms with Gasteiger partial charge in [0.25, 0.3) is 0 Å². The van der Waals surface area contributed by atoms with Crippen LogP contribution < -0.4 is 0 Å². The minimum absolute atomic E-state index is 0.0392. The van der Waals surface area contributed by atoms with E-state index in [-0.39, 0.29) is 10.6 Å². The Morgan fingerprint density at radius 1 is 1.33 bits per heavy atom. The van der Waals surface area contributed by atoms with Gasteiger partial charge in [-0.25, -0.2) is 4.39 Å². The Morgan fingerprint density at radius 2 is 2.00 bits per heavy atom. The first kappa shape index (κ1) is 13.4. The van der Waals surface area contributed by atoms with Gasteiger partial charge in [-0.2, -0.15) is 5.26 Å². The number of rotatable bonds is 2. The Bertz CT molecular complexity index is 447. The van der Waals surface area contributed by atoms with Crippen LogP contribution in [0, 0.1) is 23.1 Å². The zero-order valence-corrected chi connectivity index (χ0v) is 11.3. The van der Waals surface area contributed by atoms with Crippen LogP contribution in [0.3, 0.4) is 0 Å². The molecule has 0 saturated heterocycles. The highest BCUT2D eigenvalue weighted by molar-refractivity contribution is 6.31. The minimum Gasteiger partial charge on any atom is -0.205 e. The van der Waals surface area contributed by atoms with Crippen LogP contribution in [-0.4, -0.2) is 0 Å². The topological polar surface area (TPSA) is 23.8 Å². The lowest BCUT2D eigenvalue weighted by Gasteiger charge is -2.28. The molecule has 0 spiro atoms. The van der Waals surface area contributed by atoms with E-state index in [1.165, 1.54) is 25.3 Å². The zero-order valence-electron chi connectivity index (χ0n) is 10.5. The third-order valence-corrected chi connectivity index (χ3v) is 4.37. The molecule has 1 nitrogen and oxygen atoms in total. The molecule has 1 aliphatic rings. The molecule has 3 heteroatoms. The van der Waals surface area contributed by atoms with Crippen molar-refractivity contribution in [2.24, 2.45) is 5.92 Å². The van der Waals surface area contributed by atoms with Gasteiger partial charge >= 0.3 is 0 Å². The van der Waals surface area contributed by atoms with Crippen LogP contribution >= 0.6 is 11.6 Å². The van der Waals surface area contributed by atoms with Crippen LogP contribution in [0.25, 0.3) is 0 Å². The lowest BCUT2D eigenvalue weighted by atomic mass is 9.78. The monoisotopic (exact) mass is 265 g/mol. The van der Waals surface area contributed by atoms with Gasteiger partial charge in [0.05, 0.1) is 5.02 Å². The maximum absolute atomic E-state index is 13.7. The van der Waals surface area contributed by atoms with Gasteiger partial charge in [-0.1, -0.05) is 24.9 Å². The van der Waals surface area contributed by atoms with E-state index in [1.54, 1.807) is 12.1 Å². The van der Waals surface area contributed by atoms with Crippen LogP contribution in [0.5, 0.6) is 0 Å². The first-order valence-electron chi connectivity index (χ1n) is 6.54. The molecule has 0 aliphatic heterocycles. The molecule has 0 aromatic heterocycles. The zero-order chi connectivity index (χ0) is 13.1. The first-order valence-corrected chi connectivity index (χ1v) is 6.92. The molecule has 2 rings (SSSR count). The highest BCUT2D eigenvalue weighted by Gasteiger charge is 2.22. The predicted octanol–water partition coefficient (Wildman–Crippen LogP) is 5.03. The summed E-state index contributed by atoms with van der Waals surface area (Å²) in [5.41, 5.74) is 0.911. The van der Waals surface area contributed by atoms with Gasteiger partial charge in [-0.05, 0) is 55.2 Å². The van der Waals surface area contributed by atoms with Crippen molar-refractivity contribution in [1.82, 2.24) is 0 Å². The maximum Gasteiger partial charge on any atom is 0.142 e. The second-order valence-corrected chi connectivity index (χ2v) is 5.50. The Balaban J connectivity index is 2.18. The molecule has 96 valence electrons. The van der Waals surface area contributed by atoms with Gasteiger partial charge in [0.1, 0.15) is 17.4 Å². The van der Waals surface area contributed by atoms with E-state index < -0.39 is 5.82 Å². The summed E-state index contributed by atoms with van der Waals surface area (Å²) in [6.45, 7) is 2.23. The van der Waals surface area contributed by atoms with E-state index >= 15 is 0 Å². The number of benzene rings is 1. The Hall–Kier alpha value is -1.07. The molecule has 0 amide bonds. The number of hydrogen-bond donors (Lipinski definition) is 0. The van der Waals surface area contributed by atoms with E-state index in [2.05, 4.69) is 6.92 Å². The van der Waals surface area contributed by atoms with E-state index in [9.17, 15) is 4.39 Å². The largest absolute Gasteiger partial charge is 0.205 e. The normalized spacial score (nSPS) is 23.7. The van der Waals surface area contributed by atoms with Crippen LogP contribution in [0.4, 0.5) is 4.39 Å². The molecule has 0 unspecified atom stereocenters. The quantitative estimate of drug-likeness (QED) is 0.735. The highest BCUT2D eigenvalue weighted by Crippen LogP contribution is 2.38. The Labute approximate surface area is 113 Å². The molecule has 0 N–H and O–H groups in total. The summed E-state index contributed by atoms with van der Waals surface area (Å²) < 4.78 is 13.7. The van der Waals surface area contributed by atoms with Crippen LogP contribution in [0.15, 0.2) is 12.1 Å². The van der Waals surface area contributed by atoms with Gasteiger partial charge in [-0.3, -0.25) is 0 Å². The fourth-order valence-electron chi connectivity index (χ4n) is 2.84. The second kappa shape index (κ2) is 5.71. The molecule has 1 aromatic rings. The van der Waals surface area contributed by atoms with Gasteiger partial charge in [0.15, 0.2) is 0 Å². The lowest BCUT2D eigenvalue weighted by molar-refractivity contribution is 0.318. The number of halogens is 2. The Kier molecular flexibility index (Phi) is 4.24. The van der Waals surface area contributed by atoms with Crippen molar-refractivity contribution in [3.8, 4) is 6.07 Å².